The molecule has 1 aromatic carbocycles. The van der Waals surface area contributed by atoms with E-state index in [-0.39, 0.29) is 5.91 Å². The Hall–Kier alpha value is -2.61. The summed E-state index contributed by atoms with van der Waals surface area (Å²) in [6.07, 6.45) is 2.33. The lowest BCUT2D eigenvalue weighted by Gasteiger charge is -2.35. The Kier molecular flexibility index (Phi) is 4.98. The van der Waals surface area contributed by atoms with Gasteiger partial charge in [-0.2, -0.15) is 0 Å². The number of nitrogens with one attached hydrogen (secondary N) is 1. The fourth-order valence-corrected chi connectivity index (χ4v) is 3.71. The molecule has 0 bridgehead atoms. The van der Waals surface area contributed by atoms with Crippen LogP contribution in [0.2, 0.25) is 0 Å². The number of carbonyl (C=O) groups is 1. The second-order valence-electron chi connectivity index (χ2n) is 6.64. The van der Waals surface area contributed by atoms with Crippen molar-refractivity contribution in [3.63, 3.8) is 0 Å². The molecule has 27 heavy (non-hydrogen) atoms. The number of amides is 1. The van der Waals surface area contributed by atoms with Crippen molar-refractivity contribution in [2.24, 2.45) is 7.05 Å². The van der Waals surface area contributed by atoms with Gasteiger partial charge in [0.2, 0.25) is 11.9 Å². The topological polar surface area (TPSA) is 70.1 Å². The first-order valence-corrected chi connectivity index (χ1v) is 9.71. The number of aromatic nitrogens is 4. The number of halogens is 1. The number of aromatic amines is 1. The van der Waals surface area contributed by atoms with Crippen LogP contribution in [0.5, 0.6) is 0 Å². The van der Waals surface area contributed by atoms with Gasteiger partial charge in [0.15, 0.2) is 5.82 Å². The summed E-state index contributed by atoms with van der Waals surface area (Å²) in [4.78, 5) is 19.8. The lowest BCUT2D eigenvalue weighted by Crippen LogP contribution is -2.49. The second kappa shape index (κ2) is 7.56. The average Bonchev–Trinajstić information content (AvgIpc) is 3.28. The summed E-state index contributed by atoms with van der Waals surface area (Å²) in [5.41, 5.74) is 1.97. The van der Waals surface area contributed by atoms with Crippen molar-refractivity contribution in [2.45, 2.75) is 6.42 Å². The Balaban J connectivity index is 1.39. The van der Waals surface area contributed by atoms with Crippen molar-refractivity contribution in [1.29, 1.82) is 0 Å². The Morgan fingerprint density at radius 1 is 1.15 bits per heavy atom. The number of rotatable bonds is 4. The lowest BCUT2D eigenvalue weighted by molar-refractivity contribution is -0.130. The van der Waals surface area contributed by atoms with Gasteiger partial charge in [-0.05, 0) is 27.6 Å². The smallest absolute Gasteiger partial charge is 0.227 e. The zero-order chi connectivity index (χ0) is 18.8. The van der Waals surface area contributed by atoms with Crippen LogP contribution in [0, 0.1) is 0 Å². The summed E-state index contributed by atoms with van der Waals surface area (Å²) in [6.45, 7) is 2.89. The Bertz CT molecular complexity index is 927. The normalized spacial score (nSPS) is 14.6. The van der Waals surface area contributed by atoms with Gasteiger partial charge in [-0.1, -0.05) is 30.3 Å². The van der Waals surface area contributed by atoms with Gasteiger partial charge in [0.05, 0.1) is 12.1 Å². The molecule has 0 radical (unpaired) electrons. The van der Waals surface area contributed by atoms with Crippen LogP contribution in [-0.2, 0) is 18.3 Å². The van der Waals surface area contributed by atoms with Crippen molar-refractivity contribution in [2.75, 3.05) is 31.1 Å². The number of H-pyrrole nitrogens is 1. The number of piperazine rings is 1. The third-order valence-corrected chi connectivity index (χ3v) is 5.31. The highest BCUT2D eigenvalue weighted by Gasteiger charge is 2.25. The Labute approximate surface area is 166 Å². The van der Waals surface area contributed by atoms with Gasteiger partial charge in [0.1, 0.15) is 0 Å². The number of benzene rings is 1. The van der Waals surface area contributed by atoms with Gasteiger partial charge in [-0.3, -0.25) is 9.36 Å². The van der Waals surface area contributed by atoms with Gasteiger partial charge >= 0.3 is 0 Å². The monoisotopic (exact) mass is 428 g/mol. The Morgan fingerprint density at radius 2 is 1.89 bits per heavy atom. The molecular weight excluding hydrogens is 408 g/mol. The minimum atomic E-state index is 0.177. The van der Waals surface area contributed by atoms with Crippen LogP contribution >= 0.6 is 15.9 Å². The number of hydrogen-bond acceptors (Lipinski definition) is 4. The third-order valence-electron chi connectivity index (χ3n) is 4.85. The summed E-state index contributed by atoms with van der Waals surface area (Å²) in [5, 5.41) is 8.69. The molecule has 3 aromatic rings. The van der Waals surface area contributed by atoms with E-state index in [1.165, 1.54) is 0 Å². The van der Waals surface area contributed by atoms with E-state index >= 15 is 0 Å². The van der Waals surface area contributed by atoms with E-state index in [4.69, 9.17) is 0 Å². The Morgan fingerprint density at radius 3 is 2.56 bits per heavy atom. The molecule has 4 rings (SSSR count). The van der Waals surface area contributed by atoms with E-state index < -0.39 is 0 Å². The molecule has 0 saturated carbocycles. The summed E-state index contributed by atoms with van der Waals surface area (Å²) in [6, 6.07) is 11.9. The van der Waals surface area contributed by atoms with Crippen LogP contribution in [0.15, 0.2) is 47.1 Å². The zero-order valence-corrected chi connectivity index (χ0v) is 16.7. The van der Waals surface area contributed by atoms with E-state index in [1.807, 2.05) is 59.1 Å². The molecule has 1 fully saturated rings. The summed E-state index contributed by atoms with van der Waals surface area (Å²) < 4.78 is 2.97. The molecule has 1 N–H and O–H groups in total. The van der Waals surface area contributed by atoms with Crippen molar-refractivity contribution >= 4 is 27.8 Å². The first-order valence-electron chi connectivity index (χ1n) is 8.92. The molecule has 8 heteroatoms. The van der Waals surface area contributed by atoms with Crippen LogP contribution in [0.3, 0.4) is 0 Å². The summed E-state index contributed by atoms with van der Waals surface area (Å²) in [7, 11) is 1.96. The predicted molar refractivity (Wildman–Crippen MR) is 107 cm³/mol. The van der Waals surface area contributed by atoms with E-state index in [9.17, 15) is 4.79 Å². The van der Waals surface area contributed by atoms with Gasteiger partial charge in [-0.25, -0.2) is 0 Å². The van der Waals surface area contributed by atoms with E-state index in [2.05, 4.69) is 36.0 Å². The molecule has 0 unspecified atom stereocenters. The first-order chi connectivity index (χ1) is 13.1. The first kappa shape index (κ1) is 17.8. The maximum Gasteiger partial charge on any atom is 0.227 e. The van der Waals surface area contributed by atoms with Crippen LogP contribution in [0.1, 0.15) is 5.56 Å². The van der Waals surface area contributed by atoms with Gasteiger partial charge in [0.25, 0.3) is 0 Å². The fraction of sp³-hybridized carbons (Fsp3) is 0.316. The van der Waals surface area contributed by atoms with Gasteiger partial charge in [0, 0.05) is 43.9 Å². The molecule has 140 valence electrons. The molecule has 3 heterocycles. The number of nitrogens with zero attached hydrogens (tertiary/aromatic N) is 5. The van der Waals surface area contributed by atoms with Crippen LogP contribution < -0.4 is 4.90 Å². The van der Waals surface area contributed by atoms with Gasteiger partial charge < -0.3 is 14.8 Å². The maximum absolute atomic E-state index is 12.5. The molecule has 0 spiro atoms. The van der Waals surface area contributed by atoms with Crippen molar-refractivity contribution in [1.82, 2.24) is 24.6 Å². The van der Waals surface area contributed by atoms with Gasteiger partial charge in [-0.15, -0.1) is 10.2 Å². The van der Waals surface area contributed by atoms with E-state index in [0.717, 1.165) is 40.6 Å². The quantitative estimate of drug-likeness (QED) is 0.692. The van der Waals surface area contributed by atoms with Crippen LogP contribution in [-0.4, -0.2) is 56.7 Å². The maximum atomic E-state index is 12.5. The highest BCUT2D eigenvalue weighted by molar-refractivity contribution is 9.10. The largest absolute Gasteiger partial charge is 0.358 e. The number of anilines is 1. The van der Waals surface area contributed by atoms with Crippen molar-refractivity contribution in [3.8, 4) is 11.5 Å². The van der Waals surface area contributed by atoms with Crippen molar-refractivity contribution in [3.05, 3.63) is 52.6 Å². The lowest BCUT2D eigenvalue weighted by atomic mass is 10.1. The molecule has 1 aliphatic rings. The van der Waals surface area contributed by atoms with Crippen LogP contribution in [0.25, 0.3) is 11.5 Å². The number of hydrogen-bond donors (Lipinski definition) is 1. The molecule has 2 aromatic heterocycles. The predicted octanol–water partition coefficient (Wildman–Crippen LogP) is 2.46. The molecule has 1 aliphatic heterocycles. The highest BCUT2D eigenvalue weighted by Crippen LogP contribution is 2.23. The highest BCUT2D eigenvalue weighted by atomic mass is 79.9. The molecule has 1 amide bonds. The average molecular weight is 429 g/mol. The summed E-state index contributed by atoms with van der Waals surface area (Å²) in [5.74, 6) is 1.79. The minimum absolute atomic E-state index is 0.177. The number of carbonyl (C=O) groups excluding carboxylic acids is 1. The molecule has 7 nitrogen and oxygen atoms in total. The SMILES string of the molecule is Cn1c(-c2cc(Br)c[nH]2)nnc1N1CCN(C(=O)Cc2ccccc2)CC1. The van der Waals surface area contributed by atoms with E-state index in [1.54, 1.807) is 0 Å². The standard InChI is InChI=1S/C19H21BrN6O/c1-24-18(16-12-15(20)13-21-16)22-23-19(24)26-9-7-25(8-10-26)17(27)11-14-5-3-2-4-6-14/h2-6,12-13,21H,7-11H2,1H3. The van der Waals surface area contributed by atoms with Crippen molar-refractivity contribution < 1.29 is 4.79 Å². The zero-order valence-electron chi connectivity index (χ0n) is 15.1. The molecule has 0 atom stereocenters. The molecule has 0 aliphatic carbocycles. The second-order valence-corrected chi connectivity index (χ2v) is 7.56. The fourth-order valence-electron chi connectivity index (χ4n) is 3.37. The molecular formula is C19H21BrN6O. The van der Waals surface area contributed by atoms with Crippen LogP contribution in [0.4, 0.5) is 5.95 Å². The molecule has 1 saturated heterocycles. The van der Waals surface area contributed by atoms with E-state index in [0.29, 0.717) is 19.5 Å². The third kappa shape index (κ3) is 3.75. The minimum Gasteiger partial charge on any atom is -0.358 e. The summed E-state index contributed by atoms with van der Waals surface area (Å²) >= 11 is 3.44.